The Morgan fingerprint density at radius 2 is 1.75 bits per heavy atom. The molecule has 1 amide bonds. The summed E-state index contributed by atoms with van der Waals surface area (Å²) in [5, 5.41) is 13.2. The average molecular weight is 333 g/mol. The Morgan fingerprint density at radius 3 is 2.38 bits per heavy atom. The van der Waals surface area contributed by atoms with Gasteiger partial charge < -0.3 is 10.4 Å². The first kappa shape index (κ1) is 18.7. The van der Waals surface area contributed by atoms with Crippen LogP contribution in [-0.4, -0.2) is 59.6 Å². The van der Waals surface area contributed by atoms with Gasteiger partial charge in [-0.2, -0.15) is 0 Å². The molecule has 0 bridgehead atoms. The Morgan fingerprint density at radius 1 is 1.17 bits per heavy atom. The Bertz CT molecular complexity index is 566. The molecule has 0 aliphatic carbocycles. The fourth-order valence-electron chi connectivity index (χ4n) is 2.96. The molecule has 1 saturated heterocycles. The molecule has 2 rings (SSSR count). The smallest absolute Gasteiger partial charge is 0.234 e. The zero-order valence-corrected chi connectivity index (χ0v) is 15.4. The van der Waals surface area contributed by atoms with Crippen LogP contribution >= 0.6 is 0 Å². The molecule has 5 nitrogen and oxygen atoms in total. The van der Waals surface area contributed by atoms with Crippen molar-refractivity contribution in [1.29, 1.82) is 0 Å². The second-order valence-electron chi connectivity index (χ2n) is 6.99. The lowest BCUT2D eigenvalue weighted by Crippen LogP contribution is -2.49. The van der Waals surface area contributed by atoms with Gasteiger partial charge in [0, 0.05) is 44.3 Å². The summed E-state index contributed by atoms with van der Waals surface area (Å²) >= 11 is 0. The lowest BCUT2D eigenvalue weighted by molar-refractivity contribution is -0.123. The molecule has 0 saturated carbocycles. The van der Waals surface area contributed by atoms with E-state index in [2.05, 4.69) is 35.0 Å². The predicted octanol–water partition coefficient (Wildman–Crippen LogP) is 2.04. The van der Waals surface area contributed by atoms with Gasteiger partial charge >= 0.3 is 0 Å². The molecule has 1 fully saturated rings. The number of amides is 1. The second kappa shape index (κ2) is 8.49. The van der Waals surface area contributed by atoms with Gasteiger partial charge in [0.2, 0.25) is 5.91 Å². The first-order valence-electron chi connectivity index (χ1n) is 8.92. The number of nitrogens with zero attached hydrogens (tertiary/aromatic N) is 2. The van der Waals surface area contributed by atoms with Gasteiger partial charge in [0.1, 0.15) is 5.75 Å². The van der Waals surface area contributed by atoms with Crippen molar-refractivity contribution in [2.75, 3.05) is 32.7 Å². The van der Waals surface area contributed by atoms with Gasteiger partial charge in [0.25, 0.3) is 0 Å². The highest BCUT2D eigenvalue weighted by Crippen LogP contribution is 2.23. The topological polar surface area (TPSA) is 55.8 Å². The van der Waals surface area contributed by atoms with Gasteiger partial charge in [-0.15, -0.1) is 0 Å². The van der Waals surface area contributed by atoms with Crippen LogP contribution in [0.2, 0.25) is 0 Å². The number of piperazine rings is 1. The molecule has 1 aromatic rings. The molecule has 1 atom stereocenters. The van der Waals surface area contributed by atoms with Gasteiger partial charge in [-0.05, 0) is 44.4 Å². The SMILES string of the molecule is CCC(C)NC(=O)CN1CCN(Cc2cc(C)c(C)cc2O)CC1. The van der Waals surface area contributed by atoms with Crippen molar-refractivity contribution >= 4 is 5.91 Å². The molecule has 0 aromatic heterocycles. The van der Waals surface area contributed by atoms with Crippen molar-refractivity contribution < 1.29 is 9.90 Å². The second-order valence-corrected chi connectivity index (χ2v) is 6.99. The van der Waals surface area contributed by atoms with E-state index >= 15 is 0 Å². The first-order valence-corrected chi connectivity index (χ1v) is 8.92. The van der Waals surface area contributed by atoms with Gasteiger partial charge in [0.15, 0.2) is 0 Å². The fourth-order valence-corrected chi connectivity index (χ4v) is 2.96. The third kappa shape index (κ3) is 5.21. The van der Waals surface area contributed by atoms with Crippen LogP contribution in [0, 0.1) is 13.8 Å². The molecular weight excluding hydrogens is 302 g/mol. The van der Waals surface area contributed by atoms with Gasteiger partial charge in [-0.25, -0.2) is 0 Å². The summed E-state index contributed by atoms with van der Waals surface area (Å²) in [4.78, 5) is 16.5. The van der Waals surface area contributed by atoms with Crippen molar-refractivity contribution in [1.82, 2.24) is 15.1 Å². The van der Waals surface area contributed by atoms with E-state index in [9.17, 15) is 9.90 Å². The van der Waals surface area contributed by atoms with Crippen LogP contribution in [-0.2, 0) is 11.3 Å². The number of carbonyl (C=O) groups is 1. The summed E-state index contributed by atoms with van der Waals surface area (Å²) in [6, 6.07) is 4.17. The van der Waals surface area contributed by atoms with Crippen molar-refractivity contribution in [2.45, 2.75) is 46.7 Å². The van der Waals surface area contributed by atoms with E-state index in [-0.39, 0.29) is 11.9 Å². The molecule has 1 aliphatic rings. The maximum absolute atomic E-state index is 12.0. The van der Waals surface area contributed by atoms with Crippen molar-refractivity contribution in [3.05, 3.63) is 28.8 Å². The Hall–Kier alpha value is -1.59. The molecule has 0 spiro atoms. The third-order valence-electron chi connectivity index (χ3n) is 4.94. The van der Waals surface area contributed by atoms with E-state index in [4.69, 9.17) is 0 Å². The van der Waals surface area contributed by atoms with Crippen molar-refractivity contribution in [3.8, 4) is 5.75 Å². The minimum atomic E-state index is 0.115. The van der Waals surface area contributed by atoms with E-state index in [1.165, 1.54) is 5.56 Å². The van der Waals surface area contributed by atoms with Gasteiger partial charge in [-0.3, -0.25) is 14.6 Å². The number of carbonyl (C=O) groups excluding carboxylic acids is 1. The minimum Gasteiger partial charge on any atom is -0.508 e. The highest BCUT2D eigenvalue weighted by Gasteiger charge is 2.20. The van der Waals surface area contributed by atoms with Crippen molar-refractivity contribution in [2.24, 2.45) is 0 Å². The van der Waals surface area contributed by atoms with E-state index in [0.717, 1.165) is 50.3 Å². The lowest BCUT2D eigenvalue weighted by Gasteiger charge is -2.34. The lowest BCUT2D eigenvalue weighted by atomic mass is 10.0. The number of hydrogen-bond donors (Lipinski definition) is 2. The summed E-state index contributed by atoms with van der Waals surface area (Å²) in [6.45, 7) is 13.1. The zero-order chi connectivity index (χ0) is 17.7. The summed E-state index contributed by atoms with van der Waals surface area (Å²) in [5.41, 5.74) is 3.32. The molecule has 1 heterocycles. The first-order chi connectivity index (χ1) is 11.4. The summed E-state index contributed by atoms with van der Waals surface area (Å²) < 4.78 is 0. The van der Waals surface area contributed by atoms with Crippen LogP contribution in [0.1, 0.15) is 37.0 Å². The molecule has 5 heteroatoms. The highest BCUT2D eigenvalue weighted by molar-refractivity contribution is 5.78. The fraction of sp³-hybridized carbons (Fsp3) is 0.632. The molecule has 1 unspecified atom stereocenters. The van der Waals surface area contributed by atoms with E-state index in [1.807, 2.05) is 19.9 Å². The maximum atomic E-state index is 12.0. The predicted molar refractivity (Wildman–Crippen MR) is 97.2 cm³/mol. The average Bonchev–Trinajstić information content (AvgIpc) is 2.54. The Balaban J connectivity index is 1.81. The third-order valence-corrected chi connectivity index (χ3v) is 4.94. The van der Waals surface area contributed by atoms with Crippen LogP contribution < -0.4 is 5.32 Å². The van der Waals surface area contributed by atoms with E-state index < -0.39 is 0 Å². The maximum Gasteiger partial charge on any atom is 0.234 e. The number of rotatable bonds is 6. The molecule has 134 valence electrons. The van der Waals surface area contributed by atoms with E-state index in [0.29, 0.717) is 12.3 Å². The molecule has 1 aliphatic heterocycles. The number of nitrogens with one attached hydrogen (secondary N) is 1. The van der Waals surface area contributed by atoms with Crippen molar-refractivity contribution in [3.63, 3.8) is 0 Å². The number of aryl methyl sites for hydroxylation is 2. The zero-order valence-electron chi connectivity index (χ0n) is 15.4. The number of phenols is 1. The quantitative estimate of drug-likeness (QED) is 0.836. The van der Waals surface area contributed by atoms with Crippen LogP contribution in [0.25, 0.3) is 0 Å². The Labute approximate surface area is 145 Å². The minimum absolute atomic E-state index is 0.115. The van der Waals surface area contributed by atoms with Crippen LogP contribution in [0.3, 0.4) is 0 Å². The normalized spacial score (nSPS) is 17.7. The van der Waals surface area contributed by atoms with Crippen LogP contribution in [0.15, 0.2) is 12.1 Å². The molecule has 0 radical (unpaired) electrons. The molecular formula is C19H31N3O2. The molecule has 1 aromatic carbocycles. The summed E-state index contributed by atoms with van der Waals surface area (Å²) in [6.07, 6.45) is 0.957. The Kier molecular flexibility index (Phi) is 6.63. The van der Waals surface area contributed by atoms with Crippen LogP contribution in [0.5, 0.6) is 5.75 Å². The van der Waals surface area contributed by atoms with Crippen LogP contribution in [0.4, 0.5) is 0 Å². The van der Waals surface area contributed by atoms with E-state index in [1.54, 1.807) is 0 Å². The number of aromatic hydroxyl groups is 1. The largest absolute Gasteiger partial charge is 0.508 e. The van der Waals surface area contributed by atoms with Gasteiger partial charge in [-0.1, -0.05) is 13.0 Å². The van der Waals surface area contributed by atoms with Gasteiger partial charge in [0.05, 0.1) is 6.54 Å². The molecule has 24 heavy (non-hydrogen) atoms. The number of phenolic OH excluding ortho intramolecular Hbond substituents is 1. The monoisotopic (exact) mass is 333 g/mol. The summed E-state index contributed by atoms with van der Waals surface area (Å²) in [7, 11) is 0. The highest BCUT2D eigenvalue weighted by atomic mass is 16.3. The summed E-state index contributed by atoms with van der Waals surface area (Å²) in [5.74, 6) is 0.498. The number of hydrogen-bond acceptors (Lipinski definition) is 4. The molecule has 2 N–H and O–H groups in total. The standard InChI is InChI=1S/C19H31N3O2/c1-5-16(4)20-19(24)13-22-8-6-21(7-9-22)12-17-10-14(2)15(3)11-18(17)23/h10-11,16,23H,5-9,12-13H2,1-4H3,(H,20,24). The number of benzene rings is 1.